The van der Waals surface area contributed by atoms with Crippen molar-refractivity contribution in [3.05, 3.63) is 22.4 Å². The smallest absolute Gasteiger partial charge is 0.130 e. The number of rotatable bonds is 5. The maximum Gasteiger partial charge on any atom is 0.130 e. The predicted molar refractivity (Wildman–Crippen MR) is 55.8 cm³/mol. The van der Waals surface area contributed by atoms with Crippen molar-refractivity contribution in [3.63, 3.8) is 0 Å². The maximum absolute atomic E-state index is 10.6. The lowest BCUT2D eigenvalue weighted by Gasteiger charge is -1.96. The molecule has 0 saturated carbocycles. The average molecular weight is 200 g/mol. The van der Waals surface area contributed by atoms with Gasteiger partial charge in [-0.3, -0.25) is 4.79 Å². The quantitative estimate of drug-likeness (QED) is 0.680. The largest absolute Gasteiger partial charge is 0.300 e. The first-order valence-corrected chi connectivity index (χ1v) is 5.92. The van der Waals surface area contributed by atoms with Crippen molar-refractivity contribution in [2.24, 2.45) is 0 Å². The van der Waals surface area contributed by atoms with Crippen LogP contribution in [0.15, 0.2) is 17.5 Å². The summed E-state index contributed by atoms with van der Waals surface area (Å²) < 4.78 is 0. The fourth-order valence-electron chi connectivity index (χ4n) is 0.783. The monoisotopic (exact) mass is 200 g/mol. The Labute approximate surface area is 81.2 Å². The molecular formula is C9H12OS2. The standard InChI is InChI=1S/C9H12OS2/c1-8(10)4-6-11-7-9-3-2-5-12-9/h2-3,5H,4,6-7H2,1H3. The summed E-state index contributed by atoms with van der Waals surface area (Å²) in [5, 5.41) is 2.08. The Morgan fingerprint density at radius 3 is 3.08 bits per heavy atom. The minimum absolute atomic E-state index is 0.286. The Bertz CT molecular complexity index is 229. The zero-order chi connectivity index (χ0) is 8.81. The van der Waals surface area contributed by atoms with Crippen LogP contribution in [0.5, 0.6) is 0 Å². The number of carbonyl (C=O) groups is 1. The third-order valence-electron chi connectivity index (χ3n) is 1.42. The molecule has 0 aromatic carbocycles. The highest BCUT2D eigenvalue weighted by Crippen LogP contribution is 2.17. The Kier molecular flexibility index (Phi) is 4.40. The normalized spacial score (nSPS) is 10.1. The van der Waals surface area contributed by atoms with Gasteiger partial charge in [0, 0.05) is 22.8 Å². The Morgan fingerprint density at radius 2 is 2.50 bits per heavy atom. The van der Waals surface area contributed by atoms with E-state index in [0.29, 0.717) is 6.42 Å². The van der Waals surface area contributed by atoms with Crippen molar-refractivity contribution in [1.82, 2.24) is 0 Å². The van der Waals surface area contributed by atoms with Crippen LogP contribution in [0.3, 0.4) is 0 Å². The lowest BCUT2D eigenvalue weighted by molar-refractivity contribution is -0.116. The first kappa shape index (κ1) is 9.81. The molecule has 1 heterocycles. The molecule has 0 fully saturated rings. The van der Waals surface area contributed by atoms with Gasteiger partial charge in [0.25, 0.3) is 0 Å². The van der Waals surface area contributed by atoms with E-state index in [1.807, 2.05) is 11.8 Å². The molecule has 0 aliphatic rings. The topological polar surface area (TPSA) is 17.1 Å². The molecular weight excluding hydrogens is 188 g/mol. The lowest BCUT2D eigenvalue weighted by atomic mass is 10.4. The molecule has 66 valence electrons. The van der Waals surface area contributed by atoms with E-state index in [1.165, 1.54) is 4.88 Å². The molecule has 1 aromatic rings. The average Bonchev–Trinajstić information content (AvgIpc) is 2.49. The van der Waals surface area contributed by atoms with E-state index < -0.39 is 0 Å². The summed E-state index contributed by atoms with van der Waals surface area (Å²) >= 11 is 3.60. The van der Waals surface area contributed by atoms with Crippen molar-refractivity contribution in [1.29, 1.82) is 0 Å². The van der Waals surface area contributed by atoms with Crippen molar-refractivity contribution in [2.45, 2.75) is 19.1 Å². The van der Waals surface area contributed by atoms with Gasteiger partial charge in [0.1, 0.15) is 5.78 Å². The number of hydrogen-bond acceptors (Lipinski definition) is 3. The van der Waals surface area contributed by atoms with Crippen LogP contribution in [0.2, 0.25) is 0 Å². The number of hydrogen-bond donors (Lipinski definition) is 0. The molecule has 0 aliphatic heterocycles. The van der Waals surface area contributed by atoms with Crippen molar-refractivity contribution >= 4 is 28.9 Å². The van der Waals surface area contributed by atoms with Gasteiger partial charge in [-0.2, -0.15) is 11.8 Å². The second-order valence-corrected chi connectivity index (χ2v) is 4.72. The summed E-state index contributed by atoms with van der Waals surface area (Å²) in [6, 6.07) is 4.19. The van der Waals surface area contributed by atoms with Gasteiger partial charge >= 0.3 is 0 Å². The highest BCUT2D eigenvalue weighted by atomic mass is 32.2. The van der Waals surface area contributed by atoms with Crippen molar-refractivity contribution in [2.75, 3.05) is 5.75 Å². The van der Waals surface area contributed by atoms with Gasteiger partial charge in [-0.1, -0.05) is 6.07 Å². The van der Waals surface area contributed by atoms with Crippen LogP contribution in [0, 0.1) is 0 Å². The third-order valence-corrected chi connectivity index (χ3v) is 3.49. The third kappa shape index (κ3) is 3.93. The molecule has 0 atom stereocenters. The highest BCUT2D eigenvalue weighted by molar-refractivity contribution is 7.98. The van der Waals surface area contributed by atoms with E-state index >= 15 is 0 Å². The predicted octanol–water partition coefficient (Wildman–Crippen LogP) is 2.96. The molecule has 0 saturated heterocycles. The molecule has 0 spiro atoms. The molecule has 12 heavy (non-hydrogen) atoms. The van der Waals surface area contributed by atoms with Crippen LogP contribution >= 0.6 is 23.1 Å². The molecule has 0 radical (unpaired) electrons. The van der Waals surface area contributed by atoms with Crippen LogP contribution in [-0.2, 0) is 10.5 Å². The second-order valence-electron chi connectivity index (χ2n) is 2.58. The minimum Gasteiger partial charge on any atom is -0.300 e. The van der Waals surface area contributed by atoms with Gasteiger partial charge in [-0.25, -0.2) is 0 Å². The zero-order valence-corrected chi connectivity index (χ0v) is 8.71. The summed E-state index contributed by atoms with van der Waals surface area (Å²) in [4.78, 5) is 12.0. The molecule has 0 N–H and O–H groups in total. The molecule has 0 bridgehead atoms. The summed E-state index contributed by atoms with van der Waals surface area (Å²) in [5.74, 6) is 2.28. The van der Waals surface area contributed by atoms with Gasteiger partial charge in [-0.05, 0) is 18.4 Å². The Hall–Kier alpha value is -0.280. The first-order valence-electron chi connectivity index (χ1n) is 3.88. The molecule has 0 unspecified atom stereocenters. The first-order chi connectivity index (χ1) is 5.79. The lowest BCUT2D eigenvalue weighted by Crippen LogP contribution is -1.91. The SMILES string of the molecule is CC(=O)CCSCc1cccs1. The van der Waals surface area contributed by atoms with Crippen LogP contribution in [-0.4, -0.2) is 11.5 Å². The van der Waals surface area contributed by atoms with Gasteiger partial charge in [0.2, 0.25) is 0 Å². The fraction of sp³-hybridized carbons (Fsp3) is 0.444. The molecule has 0 aliphatic carbocycles. The van der Waals surface area contributed by atoms with Crippen LogP contribution in [0.4, 0.5) is 0 Å². The summed E-state index contributed by atoms with van der Waals surface area (Å²) in [7, 11) is 0. The van der Waals surface area contributed by atoms with Crippen molar-refractivity contribution < 1.29 is 4.79 Å². The highest BCUT2D eigenvalue weighted by Gasteiger charge is 1.95. The minimum atomic E-state index is 0.286. The zero-order valence-electron chi connectivity index (χ0n) is 7.08. The van der Waals surface area contributed by atoms with E-state index in [0.717, 1.165) is 11.5 Å². The number of carbonyl (C=O) groups excluding carboxylic acids is 1. The molecule has 3 heteroatoms. The van der Waals surface area contributed by atoms with Crippen molar-refractivity contribution in [3.8, 4) is 0 Å². The van der Waals surface area contributed by atoms with Gasteiger partial charge < -0.3 is 0 Å². The number of Topliss-reactive ketones (excluding diaryl/α,β-unsaturated/α-hetero) is 1. The van der Waals surface area contributed by atoms with Crippen LogP contribution in [0.25, 0.3) is 0 Å². The molecule has 1 rings (SSSR count). The van der Waals surface area contributed by atoms with Gasteiger partial charge in [0.15, 0.2) is 0 Å². The van der Waals surface area contributed by atoms with Crippen LogP contribution < -0.4 is 0 Å². The Morgan fingerprint density at radius 1 is 1.67 bits per heavy atom. The second kappa shape index (κ2) is 5.38. The molecule has 1 aromatic heterocycles. The number of ketones is 1. The number of thioether (sulfide) groups is 1. The van der Waals surface area contributed by atoms with E-state index in [4.69, 9.17) is 0 Å². The van der Waals surface area contributed by atoms with E-state index in [2.05, 4.69) is 17.5 Å². The van der Waals surface area contributed by atoms with E-state index in [9.17, 15) is 4.79 Å². The Balaban J connectivity index is 2.07. The van der Waals surface area contributed by atoms with E-state index in [-0.39, 0.29) is 5.78 Å². The fourth-order valence-corrected chi connectivity index (χ4v) is 2.67. The maximum atomic E-state index is 10.6. The number of thiophene rings is 1. The van der Waals surface area contributed by atoms with E-state index in [1.54, 1.807) is 18.3 Å². The van der Waals surface area contributed by atoms with Gasteiger partial charge in [-0.15, -0.1) is 11.3 Å². The van der Waals surface area contributed by atoms with Gasteiger partial charge in [0.05, 0.1) is 0 Å². The van der Waals surface area contributed by atoms with Crippen LogP contribution in [0.1, 0.15) is 18.2 Å². The summed E-state index contributed by atoms with van der Waals surface area (Å²) in [5.41, 5.74) is 0. The summed E-state index contributed by atoms with van der Waals surface area (Å²) in [6.07, 6.45) is 0.704. The summed E-state index contributed by atoms with van der Waals surface area (Å²) in [6.45, 7) is 1.64. The molecule has 0 amide bonds. The molecule has 1 nitrogen and oxygen atoms in total.